The van der Waals surface area contributed by atoms with Crippen molar-refractivity contribution in [1.82, 2.24) is 4.98 Å². The predicted octanol–water partition coefficient (Wildman–Crippen LogP) is 1.25. The monoisotopic (exact) mass is 175 g/mol. The van der Waals surface area contributed by atoms with Gasteiger partial charge in [0.05, 0.1) is 0 Å². The first kappa shape index (κ1) is 8.13. The minimum atomic E-state index is 0.678. The third kappa shape index (κ3) is 1.38. The Kier molecular flexibility index (Phi) is 1.94. The van der Waals surface area contributed by atoms with Crippen LogP contribution in [-0.2, 0) is 6.42 Å². The minimum absolute atomic E-state index is 0.678. The number of hydrogen-bond acceptors (Lipinski definition) is 2. The smallest absolute Gasteiger partial charge is 0.0477 e. The fraction of sp³-hybridized carbons (Fsp3) is 0.200. The molecule has 1 aromatic carbocycles. The minimum Gasteiger partial charge on any atom is -0.399 e. The second kappa shape index (κ2) is 3.11. The predicted molar refractivity (Wildman–Crippen MR) is 55.5 cm³/mol. The molecule has 0 aliphatic heterocycles. The fourth-order valence-corrected chi connectivity index (χ4v) is 1.57. The normalized spacial score (nSPS) is 10.8. The van der Waals surface area contributed by atoms with Crippen LogP contribution in [0.4, 0.5) is 5.69 Å². The molecule has 3 heteroatoms. The molecule has 0 bridgehead atoms. The molecule has 5 N–H and O–H groups in total. The molecule has 0 radical (unpaired) electrons. The third-order valence-corrected chi connectivity index (χ3v) is 2.21. The van der Waals surface area contributed by atoms with E-state index in [1.165, 1.54) is 10.9 Å². The molecule has 3 nitrogen and oxygen atoms in total. The Morgan fingerprint density at radius 2 is 2.15 bits per heavy atom. The number of fused-ring (bicyclic) bond motifs is 1. The number of rotatable bonds is 2. The van der Waals surface area contributed by atoms with Gasteiger partial charge in [-0.3, -0.25) is 0 Å². The molecular weight excluding hydrogens is 162 g/mol. The van der Waals surface area contributed by atoms with Crippen LogP contribution in [0.2, 0.25) is 0 Å². The Morgan fingerprint density at radius 1 is 1.31 bits per heavy atom. The Morgan fingerprint density at radius 3 is 2.92 bits per heavy atom. The molecule has 0 spiro atoms. The van der Waals surface area contributed by atoms with E-state index in [-0.39, 0.29) is 0 Å². The lowest BCUT2D eigenvalue weighted by atomic mass is 10.1. The van der Waals surface area contributed by atoms with Crippen molar-refractivity contribution in [3.8, 4) is 0 Å². The second-order valence-electron chi connectivity index (χ2n) is 3.16. The van der Waals surface area contributed by atoms with Crippen LogP contribution in [0.1, 0.15) is 5.56 Å². The zero-order chi connectivity index (χ0) is 9.26. The fourth-order valence-electron chi connectivity index (χ4n) is 1.57. The van der Waals surface area contributed by atoms with E-state index < -0.39 is 0 Å². The average Bonchev–Trinajstić information content (AvgIpc) is 2.49. The number of aromatic nitrogens is 1. The molecule has 1 heterocycles. The summed E-state index contributed by atoms with van der Waals surface area (Å²) in [7, 11) is 0. The Labute approximate surface area is 76.7 Å². The van der Waals surface area contributed by atoms with Crippen LogP contribution >= 0.6 is 0 Å². The van der Waals surface area contributed by atoms with E-state index in [0.29, 0.717) is 6.54 Å². The molecule has 0 fully saturated rings. The molecule has 0 aliphatic rings. The van der Waals surface area contributed by atoms with Gasteiger partial charge < -0.3 is 16.5 Å². The van der Waals surface area contributed by atoms with E-state index in [9.17, 15) is 0 Å². The standard InChI is InChI=1S/C10H13N3/c11-4-3-7-6-13-10-5-8(12)1-2-9(7)10/h1-2,5-6,13H,3-4,11-12H2. The quantitative estimate of drug-likeness (QED) is 0.601. The summed E-state index contributed by atoms with van der Waals surface area (Å²) < 4.78 is 0. The molecule has 0 unspecified atom stereocenters. The van der Waals surface area contributed by atoms with Gasteiger partial charge in [0.1, 0.15) is 0 Å². The van der Waals surface area contributed by atoms with Crippen LogP contribution in [0, 0.1) is 0 Å². The molecule has 13 heavy (non-hydrogen) atoms. The summed E-state index contributed by atoms with van der Waals surface area (Å²) in [6, 6.07) is 5.89. The van der Waals surface area contributed by atoms with Crippen LogP contribution < -0.4 is 11.5 Å². The largest absolute Gasteiger partial charge is 0.399 e. The van der Waals surface area contributed by atoms with Crippen molar-refractivity contribution in [3.63, 3.8) is 0 Å². The van der Waals surface area contributed by atoms with Crippen molar-refractivity contribution in [1.29, 1.82) is 0 Å². The summed E-state index contributed by atoms with van der Waals surface area (Å²) in [6.07, 6.45) is 2.90. The van der Waals surface area contributed by atoms with Crippen LogP contribution in [0.3, 0.4) is 0 Å². The van der Waals surface area contributed by atoms with E-state index >= 15 is 0 Å². The number of hydrogen-bond donors (Lipinski definition) is 3. The Bertz CT molecular complexity index is 417. The summed E-state index contributed by atoms with van der Waals surface area (Å²) in [4.78, 5) is 3.18. The first-order valence-corrected chi connectivity index (χ1v) is 4.37. The molecule has 1 aromatic heterocycles. The number of H-pyrrole nitrogens is 1. The lowest BCUT2D eigenvalue weighted by Crippen LogP contribution is -2.01. The number of aromatic amines is 1. The van der Waals surface area contributed by atoms with Crippen molar-refractivity contribution < 1.29 is 0 Å². The zero-order valence-electron chi connectivity index (χ0n) is 7.38. The van der Waals surface area contributed by atoms with Gasteiger partial charge in [0.25, 0.3) is 0 Å². The van der Waals surface area contributed by atoms with Crippen molar-refractivity contribution in [2.24, 2.45) is 5.73 Å². The molecule has 68 valence electrons. The first-order chi connectivity index (χ1) is 6.31. The number of anilines is 1. The summed E-state index contributed by atoms with van der Waals surface area (Å²) in [5.74, 6) is 0. The van der Waals surface area contributed by atoms with Crippen LogP contribution in [0.25, 0.3) is 10.9 Å². The van der Waals surface area contributed by atoms with Crippen molar-refractivity contribution >= 4 is 16.6 Å². The van der Waals surface area contributed by atoms with Gasteiger partial charge in [-0.1, -0.05) is 6.07 Å². The highest BCUT2D eigenvalue weighted by Crippen LogP contribution is 2.20. The number of nitrogens with two attached hydrogens (primary N) is 2. The Hall–Kier alpha value is -1.48. The van der Waals surface area contributed by atoms with E-state index in [1.807, 2.05) is 24.4 Å². The van der Waals surface area contributed by atoms with Crippen LogP contribution in [-0.4, -0.2) is 11.5 Å². The molecule has 0 atom stereocenters. The van der Waals surface area contributed by atoms with E-state index in [0.717, 1.165) is 17.6 Å². The maximum absolute atomic E-state index is 5.66. The molecule has 0 saturated carbocycles. The van der Waals surface area contributed by atoms with Gasteiger partial charge in [0.15, 0.2) is 0 Å². The number of nitrogen functional groups attached to an aromatic ring is 1. The molecule has 0 saturated heterocycles. The first-order valence-electron chi connectivity index (χ1n) is 4.37. The topological polar surface area (TPSA) is 67.8 Å². The van der Waals surface area contributed by atoms with E-state index in [4.69, 9.17) is 11.5 Å². The maximum atomic E-state index is 5.66. The van der Waals surface area contributed by atoms with Gasteiger partial charge in [-0.25, -0.2) is 0 Å². The van der Waals surface area contributed by atoms with E-state index in [2.05, 4.69) is 4.98 Å². The maximum Gasteiger partial charge on any atom is 0.0477 e. The van der Waals surface area contributed by atoms with Crippen molar-refractivity contribution in [2.75, 3.05) is 12.3 Å². The zero-order valence-corrected chi connectivity index (χ0v) is 7.38. The van der Waals surface area contributed by atoms with Crippen LogP contribution in [0.15, 0.2) is 24.4 Å². The summed E-state index contributed by atoms with van der Waals surface area (Å²) in [5.41, 5.74) is 14.3. The Balaban J connectivity index is 2.55. The molecule has 2 aromatic rings. The van der Waals surface area contributed by atoms with Crippen LogP contribution in [0.5, 0.6) is 0 Å². The SMILES string of the molecule is NCCc1c[nH]c2cc(N)ccc12. The second-order valence-corrected chi connectivity index (χ2v) is 3.16. The molecule has 0 aliphatic carbocycles. The third-order valence-electron chi connectivity index (χ3n) is 2.21. The summed E-state index contributed by atoms with van der Waals surface area (Å²) in [6.45, 7) is 0.678. The number of benzene rings is 1. The van der Waals surface area contributed by atoms with Gasteiger partial charge in [0.2, 0.25) is 0 Å². The highest BCUT2D eigenvalue weighted by atomic mass is 14.7. The van der Waals surface area contributed by atoms with Gasteiger partial charge >= 0.3 is 0 Å². The lowest BCUT2D eigenvalue weighted by molar-refractivity contribution is 0.976. The van der Waals surface area contributed by atoms with Crippen molar-refractivity contribution in [3.05, 3.63) is 30.0 Å². The molecular formula is C10H13N3. The molecule has 2 rings (SSSR count). The average molecular weight is 175 g/mol. The highest BCUT2D eigenvalue weighted by Gasteiger charge is 2.01. The van der Waals surface area contributed by atoms with Crippen molar-refractivity contribution in [2.45, 2.75) is 6.42 Å². The summed E-state index contributed by atoms with van der Waals surface area (Å²) >= 11 is 0. The number of nitrogens with one attached hydrogen (secondary N) is 1. The van der Waals surface area contributed by atoms with Gasteiger partial charge in [-0.05, 0) is 30.7 Å². The molecule has 0 amide bonds. The van der Waals surface area contributed by atoms with Gasteiger partial charge in [-0.15, -0.1) is 0 Å². The van der Waals surface area contributed by atoms with Gasteiger partial charge in [-0.2, -0.15) is 0 Å². The lowest BCUT2D eigenvalue weighted by Gasteiger charge is -1.96. The highest BCUT2D eigenvalue weighted by molar-refractivity contribution is 5.85. The summed E-state index contributed by atoms with van der Waals surface area (Å²) in [5, 5.41) is 1.22. The van der Waals surface area contributed by atoms with E-state index in [1.54, 1.807) is 0 Å². The van der Waals surface area contributed by atoms with Gasteiger partial charge in [0, 0.05) is 22.8 Å².